The van der Waals surface area contributed by atoms with E-state index in [9.17, 15) is 0 Å². The molecule has 3 nitrogen and oxygen atoms in total. The number of rotatable bonds is 7. The van der Waals surface area contributed by atoms with Crippen LogP contribution in [0.1, 0.15) is 34.2 Å². The molecule has 1 spiro atoms. The summed E-state index contributed by atoms with van der Waals surface area (Å²) in [5, 5.41) is 1.25. The highest BCUT2D eigenvalue weighted by Gasteiger charge is 2.54. The van der Waals surface area contributed by atoms with Gasteiger partial charge in [-0.3, -0.25) is 0 Å². The lowest BCUT2D eigenvalue weighted by Crippen LogP contribution is -2.30. The predicted octanol–water partition coefficient (Wildman–Crippen LogP) is 15.3. The Morgan fingerprint density at radius 3 is 1.54 bits per heavy atom. The zero-order valence-corrected chi connectivity index (χ0v) is 35.7. The molecule has 8 aromatic carbocycles. The Hall–Kier alpha value is -8.27. The molecule has 10 aromatic rings. The second-order valence-corrected chi connectivity index (χ2v) is 17.4. The Morgan fingerprint density at radius 2 is 0.969 bits per heavy atom. The van der Waals surface area contributed by atoms with Crippen molar-refractivity contribution in [1.29, 1.82) is 0 Å². The van der Waals surface area contributed by atoms with Crippen LogP contribution in [0.3, 0.4) is 0 Å². The lowest BCUT2D eigenvalue weighted by Gasteiger charge is -2.33. The van der Waals surface area contributed by atoms with E-state index in [1.165, 1.54) is 78.1 Å². The molecular weight excluding hydrogens is 787 g/mol. The van der Waals surface area contributed by atoms with Crippen molar-refractivity contribution in [3.05, 3.63) is 271 Å². The first-order chi connectivity index (χ1) is 32.3. The maximum Gasteiger partial charge on any atom is 0.0747 e. The number of benzene rings is 8. The van der Waals surface area contributed by atoms with E-state index in [1.807, 2.05) is 0 Å². The largest absolute Gasteiger partial charge is 0.334 e. The van der Waals surface area contributed by atoms with Crippen molar-refractivity contribution in [3.8, 4) is 50.6 Å². The second-order valence-electron chi connectivity index (χ2n) is 17.4. The van der Waals surface area contributed by atoms with Gasteiger partial charge in [0.1, 0.15) is 0 Å². The number of nitrogens with zero attached hydrogens (tertiary/aromatic N) is 3. The van der Waals surface area contributed by atoms with E-state index in [0.717, 1.165) is 34.6 Å². The Bertz CT molecular complexity index is 3370. The molecule has 0 N–H and O–H groups in total. The Labute approximate surface area is 379 Å². The highest BCUT2D eigenvalue weighted by Crippen LogP contribution is 2.65. The summed E-state index contributed by atoms with van der Waals surface area (Å²) in [6.07, 6.45) is 8.06. The number of hydrogen-bond acceptors (Lipinski definition) is 2. The number of allylic oxidation sites excluding steroid dienone is 2. The number of anilines is 2. The molecule has 0 radical (unpaired) electrons. The summed E-state index contributed by atoms with van der Waals surface area (Å²) >= 11 is 0. The normalized spacial score (nSPS) is 15.0. The maximum atomic E-state index is 5.34. The van der Waals surface area contributed by atoms with Gasteiger partial charge in [0, 0.05) is 39.0 Å². The molecular formula is C62H43N3. The summed E-state index contributed by atoms with van der Waals surface area (Å²) in [7, 11) is 0. The predicted molar refractivity (Wildman–Crippen MR) is 269 cm³/mol. The molecule has 0 saturated heterocycles. The minimum absolute atomic E-state index is 0.125. The van der Waals surface area contributed by atoms with Gasteiger partial charge in [-0.2, -0.15) is 0 Å². The molecule has 3 heteroatoms. The van der Waals surface area contributed by atoms with Gasteiger partial charge in [0.2, 0.25) is 0 Å². The summed E-state index contributed by atoms with van der Waals surface area (Å²) in [5.74, 6) is 0. The molecule has 0 bridgehead atoms. The third-order valence-corrected chi connectivity index (χ3v) is 13.9. The quantitative estimate of drug-likeness (QED) is 0.160. The lowest BCUT2D eigenvalue weighted by atomic mass is 9.70. The highest BCUT2D eigenvalue weighted by atomic mass is 15.2. The van der Waals surface area contributed by atoms with Gasteiger partial charge in [-0.1, -0.05) is 194 Å². The summed E-state index contributed by atoms with van der Waals surface area (Å²) in [5.41, 5.74) is 21.0. The first-order valence-electron chi connectivity index (χ1n) is 22.7. The van der Waals surface area contributed by atoms with E-state index in [4.69, 9.17) is 4.98 Å². The molecule has 0 fully saturated rings. The van der Waals surface area contributed by atoms with E-state index in [-0.39, 0.29) is 6.04 Å². The van der Waals surface area contributed by atoms with Gasteiger partial charge in [0.15, 0.2) is 0 Å². The van der Waals surface area contributed by atoms with Crippen molar-refractivity contribution in [2.75, 3.05) is 4.90 Å². The average molecular weight is 830 g/mol. The summed E-state index contributed by atoms with van der Waals surface area (Å²) in [4.78, 5) is 7.82. The average Bonchev–Trinajstić information content (AvgIpc) is 3.99. The third kappa shape index (κ3) is 5.72. The van der Waals surface area contributed by atoms with Crippen molar-refractivity contribution < 1.29 is 0 Å². The van der Waals surface area contributed by atoms with E-state index in [1.54, 1.807) is 0 Å². The van der Waals surface area contributed by atoms with Crippen LogP contribution < -0.4 is 4.90 Å². The molecule has 1 atom stereocenters. The maximum absolute atomic E-state index is 5.34. The van der Waals surface area contributed by atoms with Crippen LogP contribution in [-0.2, 0) is 5.41 Å². The van der Waals surface area contributed by atoms with Crippen LogP contribution in [0.4, 0.5) is 11.4 Å². The smallest absolute Gasteiger partial charge is 0.0747 e. The van der Waals surface area contributed by atoms with Crippen molar-refractivity contribution in [1.82, 2.24) is 9.55 Å². The SMILES string of the molecule is C1=CC(c2ccc3c(c2)c2c(n3-c3cc(-c4ccccc4)nc(-c4ccccc4)c3)-c3ccccc3C23c2ccccc2-c2ccccc23)=CC(N(c2ccccc2)c2ccccc2)C1. The Morgan fingerprint density at radius 1 is 0.477 bits per heavy atom. The van der Waals surface area contributed by atoms with E-state index in [0.29, 0.717) is 0 Å². The van der Waals surface area contributed by atoms with Gasteiger partial charge in [-0.15, -0.1) is 0 Å². The Balaban J connectivity index is 1.10. The Kier molecular flexibility index (Phi) is 8.57. The first-order valence-corrected chi connectivity index (χ1v) is 22.7. The minimum Gasteiger partial charge on any atom is -0.334 e. The molecule has 13 rings (SSSR count). The van der Waals surface area contributed by atoms with Gasteiger partial charge in [0.25, 0.3) is 0 Å². The van der Waals surface area contributed by atoms with E-state index < -0.39 is 5.41 Å². The molecule has 3 aliphatic carbocycles. The molecule has 0 saturated carbocycles. The molecule has 2 heterocycles. The number of pyridine rings is 1. The van der Waals surface area contributed by atoms with Crippen molar-refractivity contribution in [3.63, 3.8) is 0 Å². The van der Waals surface area contributed by atoms with Crippen LogP contribution in [0.2, 0.25) is 0 Å². The second kappa shape index (κ2) is 14.9. The molecule has 0 amide bonds. The van der Waals surface area contributed by atoms with Crippen LogP contribution in [0, 0.1) is 0 Å². The number of para-hydroxylation sites is 2. The van der Waals surface area contributed by atoms with Gasteiger partial charge in [-0.25, -0.2) is 4.98 Å². The number of fused-ring (bicyclic) bond motifs is 12. The molecule has 2 aromatic heterocycles. The zero-order chi connectivity index (χ0) is 42.9. The van der Waals surface area contributed by atoms with Gasteiger partial charge < -0.3 is 9.47 Å². The van der Waals surface area contributed by atoms with Gasteiger partial charge in [0.05, 0.1) is 39.7 Å². The van der Waals surface area contributed by atoms with Gasteiger partial charge >= 0.3 is 0 Å². The van der Waals surface area contributed by atoms with Gasteiger partial charge in [-0.05, 0) is 93.9 Å². The molecule has 65 heavy (non-hydrogen) atoms. The first kappa shape index (κ1) is 37.3. The molecule has 0 aliphatic heterocycles. The third-order valence-electron chi connectivity index (χ3n) is 13.9. The fourth-order valence-corrected chi connectivity index (χ4v) is 11.2. The minimum atomic E-state index is -0.532. The zero-order valence-electron chi connectivity index (χ0n) is 35.7. The van der Waals surface area contributed by atoms with Crippen LogP contribution in [0.5, 0.6) is 0 Å². The number of hydrogen-bond donors (Lipinski definition) is 0. The standard InChI is InChI=1S/C62H43N3/c1-5-20-42(21-6-1)57-40-49(41-58(63-57)43-22-7-2-8-23-43)65-59-37-36-45(44-24-19-29-48(38-44)64(46-25-9-3-10-26-46)47-27-11-4-12-28-47)39-53(59)60-61(65)52-32-15-18-35-56(52)62(60)54-33-16-13-30-50(54)51-31-14-17-34-55(51)62/h1-28,30-41,48H,29H2. The summed E-state index contributed by atoms with van der Waals surface area (Å²) < 4.78 is 2.55. The molecule has 306 valence electrons. The van der Waals surface area contributed by atoms with Crippen LogP contribution in [0.15, 0.2) is 243 Å². The fourth-order valence-electron chi connectivity index (χ4n) is 11.2. The van der Waals surface area contributed by atoms with Crippen molar-refractivity contribution in [2.24, 2.45) is 0 Å². The lowest BCUT2D eigenvalue weighted by molar-refractivity contribution is 0.787. The van der Waals surface area contributed by atoms with Crippen LogP contribution in [-0.4, -0.2) is 15.6 Å². The monoisotopic (exact) mass is 829 g/mol. The van der Waals surface area contributed by atoms with Crippen LogP contribution >= 0.6 is 0 Å². The summed E-state index contributed by atoms with van der Waals surface area (Å²) in [6.45, 7) is 0. The number of aromatic nitrogens is 2. The van der Waals surface area contributed by atoms with E-state index >= 15 is 0 Å². The highest BCUT2D eigenvalue weighted by molar-refractivity contribution is 6.06. The van der Waals surface area contributed by atoms with Crippen molar-refractivity contribution >= 4 is 27.9 Å². The van der Waals surface area contributed by atoms with E-state index in [2.05, 4.69) is 252 Å². The van der Waals surface area contributed by atoms with Crippen molar-refractivity contribution in [2.45, 2.75) is 17.9 Å². The summed E-state index contributed by atoms with van der Waals surface area (Å²) in [6, 6.07) is 82.1. The van der Waals surface area contributed by atoms with Crippen LogP contribution in [0.25, 0.3) is 67.1 Å². The molecule has 3 aliphatic rings. The topological polar surface area (TPSA) is 21.1 Å². The fraction of sp³-hybridized carbons (Fsp3) is 0.0484. The molecule has 1 unspecified atom stereocenters.